The van der Waals surface area contributed by atoms with Crippen LogP contribution in [0, 0.1) is 34.1 Å². The molecule has 1 aliphatic heterocycles. The van der Waals surface area contributed by atoms with Gasteiger partial charge in [-0.2, -0.15) is 9.97 Å². The highest BCUT2D eigenvalue weighted by atomic mass is 35.5. The van der Waals surface area contributed by atoms with E-state index in [-0.39, 0.29) is 32.4 Å². The fraction of sp³-hybridized carbons (Fsp3) is 0.333. The zero-order chi connectivity index (χ0) is 25.7. The lowest BCUT2D eigenvalue weighted by molar-refractivity contribution is -0.385. The van der Waals surface area contributed by atoms with Gasteiger partial charge in [0.05, 0.1) is 9.85 Å². The number of para-hydroxylation sites is 1. The quantitative estimate of drug-likeness (QED) is 0.193. The van der Waals surface area contributed by atoms with Crippen LogP contribution >= 0.6 is 23.2 Å². The Balaban J connectivity index is 0.000000241. The molecule has 14 heteroatoms. The fourth-order valence-electron chi connectivity index (χ4n) is 3.52. The van der Waals surface area contributed by atoms with E-state index in [1.165, 1.54) is 6.92 Å². The number of hydrogen-bond donors (Lipinski definition) is 0. The van der Waals surface area contributed by atoms with Crippen LogP contribution in [0.4, 0.5) is 28.8 Å². The number of nitro groups is 2. The number of rotatable bonds is 5. The Morgan fingerprint density at radius 2 is 1.46 bits per heavy atom. The van der Waals surface area contributed by atoms with Gasteiger partial charge in [0.2, 0.25) is 22.2 Å². The van der Waals surface area contributed by atoms with Crippen molar-refractivity contribution in [2.75, 3.05) is 29.9 Å². The normalized spacial score (nSPS) is 12.7. The summed E-state index contributed by atoms with van der Waals surface area (Å²) in [6.07, 6.45) is 2.06. The van der Waals surface area contributed by atoms with Gasteiger partial charge in [0.1, 0.15) is 11.4 Å². The molecule has 1 saturated heterocycles. The first-order valence-electron chi connectivity index (χ1n) is 10.5. The molecule has 0 atom stereocenters. The summed E-state index contributed by atoms with van der Waals surface area (Å²) in [5.74, 6) is 0.902. The molecule has 0 saturated carbocycles. The summed E-state index contributed by atoms with van der Waals surface area (Å²) in [5, 5.41) is 21.5. The summed E-state index contributed by atoms with van der Waals surface area (Å²) in [5.41, 5.74) is 1.20. The Labute approximate surface area is 210 Å². The van der Waals surface area contributed by atoms with Crippen LogP contribution in [0.5, 0.6) is 0 Å². The van der Waals surface area contributed by atoms with Crippen molar-refractivity contribution in [2.24, 2.45) is 0 Å². The van der Waals surface area contributed by atoms with Gasteiger partial charge in [0.25, 0.3) is 0 Å². The first kappa shape index (κ1) is 26.0. The monoisotopic (exact) mass is 520 g/mol. The average molecular weight is 521 g/mol. The average Bonchev–Trinajstić information content (AvgIpc) is 3.33. The summed E-state index contributed by atoms with van der Waals surface area (Å²) in [4.78, 5) is 40.5. The van der Waals surface area contributed by atoms with Crippen molar-refractivity contribution in [1.29, 1.82) is 0 Å². The molecule has 1 aliphatic rings. The molecule has 0 spiro atoms. The molecule has 35 heavy (non-hydrogen) atoms. The molecule has 0 amide bonds. The maximum absolute atomic E-state index is 11.4. The summed E-state index contributed by atoms with van der Waals surface area (Å²) < 4.78 is 0. The van der Waals surface area contributed by atoms with Gasteiger partial charge in [-0.05, 0) is 50.4 Å². The van der Waals surface area contributed by atoms with Crippen LogP contribution in [-0.2, 0) is 0 Å². The van der Waals surface area contributed by atoms with Crippen LogP contribution in [0.2, 0.25) is 10.4 Å². The molecule has 2 aromatic heterocycles. The number of halogens is 2. The Bertz CT molecular complexity index is 1220. The zero-order valence-corrected chi connectivity index (χ0v) is 20.7. The molecule has 0 aliphatic carbocycles. The molecule has 0 bridgehead atoms. The number of benzene rings is 1. The van der Waals surface area contributed by atoms with Crippen molar-refractivity contribution in [2.45, 2.75) is 26.7 Å². The van der Waals surface area contributed by atoms with Gasteiger partial charge in [-0.3, -0.25) is 20.2 Å². The van der Waals surface area contributed by atoms with Crippen LogP contribution < -0.4 is 9.80 Å². The van der Waals surface area contributed by atoms with Gasteiger partial charge < -0.3 is 9.80 Å². The first-order chi connectivity index (χ1) is 16.6. The third kappa shape index (κ3) is 6.08. The number of hydrogen-bond acceptors (Lipinski definition) is 10. The van der Waals surface area contributed by atoms with Crippen molar-refractivity contribution >= 4 is 52.0 Å². The van der Waals surface area contributed by atoms with Crippen molar-refractivity contribution < 1.29 is 9.85 Å². The highest BCUT2D eigenvalue weighted by molar-refractivity contribution is 6.33. The van der Waals surface area contributed by atoms with Gasteiger partial charge in [0, 0.05) is 25.8 Å². The maximum Gasteiger partial charge on any atom is 0.332 e. The molecular formula is C21H22Cl2N8O4. The molecule has 3 aromatic rings. The molecule has 3 heterocycles. The summed E-state index contributed by atoms with van der Waals surface area (Å²) in [7, 11) is 1.86. The highest BCUT2D eigenvalue weighted by Crippen LogP contribution is 2.34. The van der Waals surface area contributed by atoms with Crippen molar-refractivity contribution in [3.05, 3.63) is 72.4 Å². The Morgan fingerprint density at radius 1 is 0.886 bits per heavy atom. The number of anilines is 3. The van der Waals surface area contributed by atoms with Gasteiger partial charge in [-0.15, -0.1) is 0 Å². The second-order valence-corrected chi connectivity index (χ2v) is 8.30. The van der Waals surface area contributed by atoms with Crippen LogP contribution in [0.15, 0.2) is 30.3 Å². The number of aromatic nitrogens is 4. The third-order valence-corrected chi connectivity index (χ3v) is 5.66. The lowest BCUT2D eigenvalue weighted by Gasteiger charge is -2.21. The van der Waals surface area contributed by atoms with Crippen molar-refractivity contribution in [3.8, 4) is 0 Å². The van der Waals surface area contributed by atoms with E-state index in [0.29, 0.717) is 17.5 Å². The second kappa shape index (κ2) is 11.2. The lowest BCUT2D eigenvalue weighted by atomic mass is 10.3. The summed E-state index contributed by atoms with van der Waals surface area (Å²) >= 11 is 10.9. The molecule has 184 valence electrons. The van der Waals surface area contributed by atoms with E-state index in [1.54, 1.807) is 6.92 Å². The van der Waals surface area contributed by atoms with Crippen LogP contribution in [0.3, 0.4) is 0 Å². The lowest BCUT2D eigenvalue weighted by Crippen LogP contribution is -2.23. The van der Waals surface area contributed by atoms with Gasteiger partial charge >= 0.3 is 11.4 Å². The molecule has 4 rings (SSSR count). The van der Waals surface area contributed by atoms with Crippen LogP contribution in [-0.4, -0.2) is 49.9 Å². The van der Waals surface area contributed by atoms with Crippen LogP contribution in [0.25, 0.3) is 0 Å². The minimum Gasteiger partial charge on any atom is -0.351 e. The van der Waals surface area contributed by atoms with Gasteiger partial charge in [-0.25, -0.2) is 9.97 Å². The fourth-order valence-corrected chi connectivity index (χ4v) is 4.07. The molecule has 0 N–H and O–H groups in total. The SMILES string of the molecule is Cc1nc(Cl)nc(Cl)c1[N+](=O)[O-].Cc1nc(N(C)c2ccccc2)nc(N2CCCC2)c1[N+](=O)[O-]. The standard InChI is InChI=1S/C16H19N5O2.C5H3Cl2N3O2/c1-12-14(21(22)23)15(20-10-6-7-11-20)18-16(17-12)19(2)13-8-4-3-5-9-13;1-2-3(10(11)12)4(6)9-5(7)8-2/h3-5,8-9H,6-7,10-11H2,1-2H3;1H3. The summed E-state index contributed by atoms with van der Waals surface area (Å²) in [6.45, 7) is 4.71. The van der Waals surface area contributed by atoms with Gasteiger partial charge in [0.15, 0.2) is 0 Å². The van der Waals surface area contributed by atoms with E-state index in [4.69, 9.17) is 23.2 Å². The Hall–Kier alpha value is -3.64. The van der Waals surface area contributed by atoms with E-state index in [9.17, 15) is 20.2 Å². The van der Waals surface area contributed by atoms with Crippen molar-refractivity contribution in [1.82, 2.24) is 19.9 Å². The van der Waals surface area contributed by atoms with Crippen LogP contribution in [0.1, 0.15) is 24.2 Å². The zero-order valence-electron chi connectivity index (χ0n) is 19.2. The van der Waals surface area contributed by atoms with Crippen molar-refractivity contribution in [3.63, 3.8) is 0 Å². The third-order valence-electron chi connectivity index (χ3n) is 5.23. The highest BCUT2D eigenvalue weighted by Gasteiger charge is 2.29. The van der Waals surface area contributed by atoms with E-state index in [0.717, 1.165) is 31.6 Å². The van der Waals surface area contributed by atoms with Gasteiger partial charge in [-0.1, -0.05) is 29.8 Å². The van der Waals surface area contributed by atoms with E-state index >= 15 is 0 Å². The minimum atomic E-state index is -0.645. The molecule has 12 nitrogen and oxygen atoms in total. The smallest absolute Gasteiger partial charge is 0.332 e. The predicted molar refractivity (Wildman–Crippen MR) is 133 cm³/mol. The second-order valence-electron chi connectivity index (χ2n) is 7.60. The largest absolute Gasteiger partial charge is 0.351 e. The summed E-state index contributed by atoms with van der Waals surface area (Å²) in [6, 6.07) is 9.72. The molecule has 0 unspecified atom stereocenters. The molecular weight excluding hydrogens is 499 g/mol. The number of aryl methyl sites for hydroxylation is 2. The molecule has 1 fully saturated rings. The maximum atomic E-state index is 11.4. The molecule has 1 aromatic carbocycles. The number of nitrogens with zero attached hydrogens (tertiary/aromatic N) is 8. The van der Waals surface area contributed by atoms with E-state index < -0.39 is 4.92 Å². The Morgan fingerprint density at radius 3 is 2.00 bits per heavy atom. The minimum absolute atomic E-state index is 0.0112. The first-order valence-corrected chi connectivity index (χ1v) is 11.3. The molecule has 0 radical (unpaired) electrons. The topological polar surface area (TPSA) is 144 Å². The van der Waals surface area contributed by atoms with E-state index in [2.05, 4.69) is 19.9 Å². The predicted octanol–water partition coefficient (Wildman–Crippen LogP) is 5.06. The Kier molecular flexibility index (Phi) is 8.30. The van der Waals surface area contributed by atoms with E-state index in [1.807, 2.05) is 47.2 Å².